The smallest absolute Gasteiger partial charge is 0.413 e. The van der Waals surface area contributed by atoms with Crippen molar-refractivity contribution in [3.8, 4) is 0 Å². The van der Waals surface area contributed by atoms with Crippen molar-refractivity contribution in [2.45, 2.75) is 45.3 Å². The van der Waals surface area contributed by atoms with Gasteiger partial charge in [0.1, 0.15) is 17.0 Å². The minimum absolute atomic E-state index is 0.327. The van der Waals surface area contributed by atoms with Crippen LogP contribution in [0.2, 0.25) is 0 Å². The van der Waals surface area contributed by atoms with Gasteiger partial charge in [-0.2, -0.15) is 0 Å². The summed E-state index contributed by atoms with van der Waals surface area (Å²) in [6, 6.07) is 21.0. The molecule has 0 fully saturated rings. The van der Waals surface area contributed by atoms with E-state index in [0.717, 1.165) is 22.3 Å². The average Bonchev–Trinajstić information content (AvgIpc) is 2.67. The Morgan fingerprint density at radius 1 is 1.03 bits per heavy atom. The Kier molecular flexibility index (Phi) is 6.22. The molecular formula is C25H28N2O3. The molecular weight excluding hydrogens is 376 g/mol. The van der Waals surface area contributed by atoms with Crippen molar-refractivity contribution in [2.24, 2.45) is 0 Å². The predicted octanol–water partition coefficient (Wildman–Crippen LogP) is 5.22. The molecule has 0 saturated heterocycles. The summed E-state index contributed by atoms with van der Waals surface area (Å²) >= 11 is 0. The van der Waals surface area contributed by atoms with Gasteiger partial charge < -0.3 is 9.84 Å². The number of carbonyl (C=O) groups excluding carboxylic acids is 1. The van der Waals surface area contributed by atoms with Crippen molar-refractivity contribution >= 4 is 11.9 Å². The number of ether oxygens (including phenoxy) is 1. The number of hydrogen-bond acceptors (Lipinski definition) is 4. The number of anilines is 1. The molecule has 1 heterocycles. The second-order valence-electron chi connectivity index (χ2n) is 8.39. The molecule has 0 radical (unpaired) electrons. The molecule has 0 aliphatic rings. The van der Waals surface area contributed by atoms with Gasteiger partial charge in [-0.05, 0) is 62.1 Å². The minimum atomic E-state index is -1.23. The molecule has 0 aliphatic heterocycles. The summed E-state index contributed by atoms with van der Waals surface area (Å²) in [5.74, 6) is 0.377. The maximum absolute atomic E-state index is 12.1. The number of carbonyl (C=O) groups is 1. The number of nitrogens with zero attached hydrogens (tertiary/aromatic N) is 1. The van der Waals surface area contributed by atoms with Crippen LogP contribution in [0.15, 0.2) is 72.9 Å². The van der Waals surface area contributed by atoms with Gasteiger partial charge in [-0.25, -0.2) is 9.78 Å². The summed E-state index contributed by atoms with van der Waals surface area (Å²) in [5, 5.41) is 14.5. The zero-order valence-corrected chi connectivity index (χ0v) is 17.8. The molecule has 5 nitrogen and oxygen atoms in total. The number of aliphatic hydroxyl groups is 1. The maximum atomic E-state index is 12.1. The van der Waals surface area contributed by atoms with Crippen LogP contribution < -0.4 is 5.32 Å². The monoisotopic (exact) mass is 404 g/mol. The number of rotatable bonds is 5. The van der Waals surface area contributed by atoms with E-state index in [1.807, 2.05) is 67.6 Å². The highest BCUT2D eigenvalue weighted by Gasteiger charge is 2.33. The molecule has 3 aromatic rings. The summed E-state index contributed by atoms with van der Waals surface area (Å²) < 4.78 is 5.30. The molecule has 0 spiro atoms. The van der Waals surface area contributed by atoms with Crippen LogP contribution >= 0.6 is 0 Å². The third-order valence-corrected chi connectivity index (χ3v) is 4.76. The second-order valence-corrected chi connectivity index (χ2v) is 8.39. The van der Waals surface area contributed by atoms with Gasteiger partial charge in [0.15, 0.2) is 0 Å². The topological polar surface area (TPSA) is 71.5 Å². The van der Waals surface area contributed by atoms with E-state index in [1.165, 1.54) is 0 Å². The van der Waals surface area contributed by atoms with Crippen LogP contribution in [0.1, 0.15) is 43.0 Å². The zero-order valence-electron chi connectivity index (χ0n) is 17.8. The van der Waals surface area contributed by atoms with Gasteiger partial charge in [-0.1, -0.05) is 54.6 Å². The first-order chi connectivity index (χ1) is 14.2. The number of aryl methyl sites for hydroxylation is 1. The number of pyridine rings is 1. The van der Waals surface area contributed by atoms with E-state index in [9.17, 15) is 9.90 Å². The third kappa shape index (κ3) is 5.24. The van der Waals surface area contributed by atoms with Crippen LogP contribution in [0.5, 0.6) is 0 Å². The number of aromatic nitrogens is 1. The maximum Gasteiger partial charge on any atom is 0.413 e. The predicted molar refractivity (Wildman–Crippen MR) is 118 cm³/mol. The third-order valence-electron chi connectivity index (χ3n) is 4.76. The quantitative estimate of drug-likeness (QED) is 0.612. The van der Waals surface area contributed by atoms with Gasteiger partial charge in [-0.3, -0.25) is 5.32 Å². The van der Waals surface area contributed by atoms with Crippen LogP contribution in [-0.4, -0.2) is 21.8 Å². The van der Waals surface area contributed by atoms with Crippen molar-refractivity contribution in [1.82, 2.24) is 4.98 Å². The molecule has 0 bridgehead atoms. The first kappa shape index (κ1) is 21.5. The van der Waals surface area contributed by atoms with E-state index >= 15 is 0 Å². The largest absolute Gasteiger partial charge is 0.444 e. The first-order valence-corrected chi connectivity index (χ1v) is 9.96. The lowest BCUT2D eigenvalue weighted by atomic mass is 9.79. The van der Waals surface area contributed by atoms with Gasteiger partial charge in [0.05, 0.1) is 0 Å². The van der Waals surface area contributed by atoms with Gasteiger partial charge in [0, 0.05) is 12.6 Å². The fraction of sp³-hybridized carbons (Fsp3) is 0.280. The van der Waals surface area contributed by atoms with Gasteiger partial charge in [0.2, 0.25) is 0 Å². The molecule has 0 aliphatic carbocycles. The molecule has 5 heteroatoms. The summed E-state index contributed by atoms with van der Waals surface area (Å²) in [5.41, 5.74) is 1.67. The second kappa shape index (κ2) is 8.67. The normalized spacial score (nSPS) is 13.4. The Balaban J connectivity index is 1.93. The molecule has 1 unspecified atom stereocenters. The van der Waals surface area contributed by atoms with Crippen LogP contribution in [0, 0.1) is 6.92 Å². The standard InChI is InChI=1S/C25H28N2O3/c1-18-10-8-9-13-21(18)25(29,20-11-6-5-7-12-20)17-19-14-15-26-22(16-19)27-23(28)30-24(2,3)4/h5-16,29H,17H2,1-4H3,(H,26,27,28). The van der Waals surface area contributed by atoms with E-state index in [0.29, 0.717) is 12.2 Å². The Labute approximate surface area is 177 Å². The molecule has 1 atom stereocenters. The number of benzene rings is 2. The van der Waals surface area contributed by atoms with E-state index in [4.69, 9.17) is 4.74 Å². The molecule has 3 rings (SSSR count). The van der Waals surface area contributed by atoms with E-state index in [-0.39, 0.29) is 0 Å². The van der Waals surface area contributed by atoms with Gasteiger partial charge in [0.25, 0.3) is 0 Å². The van der Waals surface area contributed by atoms with Crippen LogP contribution in [0.3, 0.4) is 0 Å². The minimum Gasteiger partial charge on any atom is -0.444 e. The highest BCUT2D eigenvalue weighted by molar-refractivity contribution is 5.83. The van der Waals surface area contributed by atoms with E-state index in [2.05, 4.69) is 10.3 Å². The molecule has 2 N–H and O–H groups in total. The van der Waals surface area contributed by atoms with Crippen molar-refractivity contribution in [3.05, 3.63) is 95.2 Å². The SMILES string of the molecule is Cc1ccccc1C(O)(Cc1ccnc(NC(=O)OC(C)(C)C)c1)c1ccccc1. The molecule has 1 amide bonds. The van der Waals surface area contributed by atoms with Gasteiger partial charge in [-0.15, -0.1) is 0 Å². The van der Waals surface area contributed by atoms with E-state index in [1.54, 1.807) is 33.0 Å². The molecule has 0 saturated carbocycles. The highest BCUT2D eigenvalue weighted by atomic mass is 16.6. The Morgan fingerprint density at radius 3 is 2.37 bits per heavy atom. The molecule has 1 aromatic heterocycles. The van der Waals surface area contributed by atoms with Crippen molar-refractivity contribution < 1.29 is 14.6 Å². The Bertz CT molecular complexity index is 1010. The van der Waals surface area contributed by atoms with Crippen molar-refractivity contribution in [2.75, 3.05) is 5.32 Å². The Morgan fingerprint density at radius 2 is 1.70 bits per heavy atom. The van der Waals surface area contributed by atoms with Crippen LogP contribution in [-0.2, 0) is 16.8 Å². The van der Waals surface area contributed by atoms with Crippen LogP contribution in [0.25, 0.3) is 0 Å². The lowest BCUT2D eigenvalue weighted by Gasteiger charge is -2.31. The lowest BCUT2D eigenvalue weighted by Crippen LogP contribution is -2.31. The fourth-order valence-corrected chi connectivity index (χ4v) is 3.46. The highest BCUT2D eigenvalue weighted by Crippen LogP contribution is 2.35. The first-order valence-electron chi connectivity index (χ1n) is 9.96. The molecule has 156 valence electrons. The number of nitrogens with one attached hydrogen (secondary N) is 1. The summed E-state index contributed by atoms with van der Waals surface area (Å²) in [6.45, 7) is 7.40. The van der Waals surface area contributed by atoms with E-state index < -0.39 is 17.3 Å². The summed E-state index contributed by atoms with van der Waals surface area (Å²) in [6.07, 6.45) is 1.38. The summed E-state index contributed by atoms with van der Waals surface area (Å²) in [7, 11) is 0. The molecule has 30 heavy (non-hydrogen) atoms. The lowest BCUT2D eigenvalue weighted by molar-refractivity contribution is 0.0635. The summed E-state index contributed by atoms with van der Waals surface area (Å²) in [4.78, 5) is 16.3. The van der Waals surface area contributed by atoms with Crippen LogP contribution in [0.4, 0.5) is 10.6 Å². The number of amides is 1. The molecule has 2 aromatic carbocycles. The average molecular weight is 405 g/mol. The zero-order chi connectivity index (χ0) is 21.8. The fourth-order valence-electron chi connectivity index (χ4n) is 3.46. The van der Waals surface area contributed by atoms with Gasteiger partial charge >= 0.3 is 6.09 Å². The van der Waals surface area contributed by atoms with Crippen molar-refractivity contribution in [1.29, 1.82) is 0 Å². The number of hydrogen-bond donors (Lipinski definition) is 2. The Hall–Kier alpha value is -3.18. The van der Waals surface area contributed by atoms with Crippen molar-refractivity contribution in [3.63, 3.8) is 0 Å².